The molecule has 6 fully saturated rings. The molecule has 1 heterocycles. The van der Waals surface area contributed by atoms with Crippen LogP contribution >= 0.6 is 0 Å². The molecule has 1 saturated heterocycles. The van der Waals surface area contributed by atoms with Gasteiger partial charge in [-0.1, -0.05) is 19.4 Å². The summed E-state index contributed by atoms with van der Waals surface area (Å²) < 4.78 is 5.93. The van der Waals surface area contributed by atoms with E-state index in [0.29, 0.717) is 18.1 Å². The summed E-state index contributed by atoms with van der Waals surface area (Å²) >= 11 is 0. The fourth-order valence-corrected chi connectivity index (χ4v) is 9.30. The zero-order chi connectivity index (χ0) is 19.8. The average Bonchev–Trinajstić information content (AvgIpc) is 3.55. The molecule has 3 heteroatoms. The van der Waals surface area contributed by atoms with E-state index in [2.05, 4.69) is 19.9 Å². The standard InChI is InChI=1S/C26H34O3/c1-24(20-5-6-21(28)29-20)8-7-17-22(23(24)14-3-4-14)16-11-15(16)18-12-19(27)26(9-10-26)13-25(17,18)2/h12,14-17,20,22-23H,3-11,13H2,1-2H3/t15?,16?,17?,20-,22?,23?,24-,25-/m1/s1. The minimum Gasteiger partial charge on any atom is -0.462 e. The molecule has 6 aliphatic carbocycles. The van der Waals surface area contributed by atoms with Crippen LogP contribution in [0.1, 0.15) is 78.1 Å². The van der Waals surface area contributed by atoms with Crippen LogP contribution in [0.25, 0.3) is 0 Å². The number of allylic oxidation sites excluding steroid dienone is 2. The Balaban J connectivity index is 1.30. The van der Waals surface area contributed by atoms with Gasteiger partial charge in [-0.3, -0.25) is 9.59 Å². The fraction of sp³-hybridized carbons (Fsp3) is 0.846. The predicted molar refractivity (Wildman–Crippen MR) is 109 cm³/mol. The van der Waals surface area contributed by atoms with Gasteiger partial charge in [-0.2, -0.15) is 0 Å². The second-order valence-corrected chi connectivity index (χ2v) is 12.5. The highest BCUT2D eigenvalue weighted by molar-refractivity contribution is 5.99. The molecule has 7 aliphatic rings. The Labute approximate surface area is 174 Å². The Kier molecular flexibility index (Phi) is 3.14. The van der Waals surface area contributed by atoms with Crippen molar-refractivity contribution in [3.8, 4) is 0 Å². The molecule has 0 radical (unpaired) electrons. The predicted octanol–water partition coefficient (Wildman–Crippen LogP) is 5.09. The maximum Gasteiger partial charge on any atom is 0.306 e. The number of rotatable bonds is 2. The van der Waals surface area contributed by atoms with Crippen molar-refractivity contribution in [3.63, 3.8) is 0 Å². The van der Waals surface area contributed by atoms with E-state index in [1.54, 1.807) is 5.57 Å². The maximum atomic E-state index is 12.9. The van der Waals surface area contributed by atoms with Crippen molar-refractivity contribution in [2.24, 2.45) is 51.8 Å². The number of carbonyl (C=O) groups is 2. The Morgan fingerprint density at radius 1 is 1.03 bits per heavy atom. The van der Waals surface area contributed by atoms with Crippen molar-refractivity contribution in [3.05, 3.63) is 11.6 Å². The van der Waals surface area contributed by atoms with Crippen molar-refractivity contribution in [1.29, 1.82) is 0 Å². The molecule has 3 nitrogen and oxygen atoms in total. The molecule has 29 heavy (non-hydrogen) atoms. The molecule has 5 unspecified atom stereocenters. The molecule has 0 amide bonds. The largest absolute Gasteiger partial charge is 0.462 e. The second-order valence-electron chi connectivity index (χ2n) is 12.5. The summed E-state index contributed by atoms with van der Waals surface area (Å²) in [5.74, 6) is 5.06. The molecular weight excluding hydrogens is 360 g/mol. The summed E-state index contributed by atoms with van der Waals surface area (Å²) in [5.41, 5.74) is 1.98. The summed E-state index contributed by atoms with van der Waals surface area (Å²) in [6.45, 7) is 5.02. The average molecular weight is 395 g/mol. The molecule has 0 aromatic carbocycles. The molecule has 1 spiro atoms. The number of hydrogen-bond donors (Lipinski definition) is 0. The lowest BCUT2D eigenvalue weighted by Gasteiger charge is -2.60. The van der Waals surface area contributed by atoms with Crippen molar-refractivity contribution in [2.45, 2.75) is 84.2 Å². The van der Waals surface area contributed by atoms with E-state index in [1.165, 1.54) is 32.1 Å². The van der Waals surface area contributed by atoms with Crippen molar-refractivity contribution >= 4 is 11.8 Å². The third-order valence-corrected chi connectivity index (χ3v) is 11.0. The van der Waals surface area contributed by atoms with Crippen LogP contribution in [0, 0.1) is 51.8 Å². The Morgan fingerprint density at radius 2 is 1.83 bits per heavy atom. The van der Waals surface area contributed by atoms with E-state index in [4.69, 9.17) is 4.74 Å². The van der Waals surface area contributed by atoms with Gasteiger partial charge in [0, 0.05) is 17.3 Å². The Bertz CT molecular complexity index is 848. The van der Waals surface area contributed by atoms with Gasteiger partial charge in [0.2, 0.25) is 0 Å². The van der Waals surface area contributed by atoms with E-state index in [1.807, 2.05) is 0 Å². The number of carbonyl (C=O) groups excluding carboxylic acids is 2. The lowest BCUT2D eigenvalue weighted by Crippen LogP contribution is -2.56. The van der Waals surface area contributed by atoms with Gasteiger partial charge in [-0.25, -0.2) is 0 Å². The van der Waals surface area contributed by atoms with E-state index in [0.717, 1.165) is 55.3 Å². The molecule has 156 valence electrons. The first kappa shape index (κ1) is 17.5. The Hall–Kier alpha value is -1.12. The summed E-state index contributed by atoms with van der Waals surface area (Å²) in [4.78, 5) is 24.8. The van der Waals surface area contributed by atoms with E-state index in [-0.39, 0.29) is 28.3 Å². The highest BCUT2D eigenvalue weighted by Crippen LogP contribution is 2.76. The number of fused-ring (bicyclic) bond motifs is 6. The zero-order valence-corrected chi connectivity index (χ0v) is 17.9. The molecule has 8 atom stereocenters. The Morgan fingerprint density at radius 3 is 2.48 bits per heavy atom. The number of esters is 1. The quantitative estimate of drug-likeness (QED) is 0.613. The van der Waals surface area contributed by atoms with Crippen LogP contribution in [0.3, 0.4) is 0 Å². The van der Waals surface area contributed by atoms with Gasteiger partial charge in [0.05, 0.1) is 0 Å². The van der Waals surface area contributed by atoms with Gasteiger partial charge in [-0.05, 0) is 105 Å². The number of ether oxygens (including phenoxy) is 1. The van der Waals surface area contributed by atoms with E-state index >= 15 is 0 Å². The van der Waals surface area contributed by atoms with Crippen molar-refractivity contribution in [2.75, 3.05) is 0 Å². The van der Waals surface area contributed by atoms with Gasteiger partial charge in [0.25, 0.3) is 0 Å². The minimum absolute atomic E-state index is 0.0152. The van der Waals surface area contributed by atoms with Crippen LogP contribution in [-0.2, 0) is 14.3 Å². The molecule has 0 aromatic rings. The first-order chi connectivity index (χ1) is 13.9. The molecule has 0 aromatic heterocycles. The molecule has 0 bridgehead atoms. The highest BCUT2D eigenvalue weighted by atomic mass is 16.5. The third-order valence-electron chi connectivity index (χ3n) is 11.0. The molecule has 5 saturated carbocycles. The molecule has 1 aliphatic heterocycles. The minimum atomic E-state index is 0.0152. The third kappa shape index (κ3) is 2.15. The summed E-state index contributed by atoms with van der Waals surface area (Å²) in [6, 6.07) is 0. The van der Waals surface area contributed by atoms with Gasteiger partial charge in [-0.15, -0.1) is 0 Å². The van der Waals surface area contributed by atoms with Crippen LogP contribution in [-0.4, -0.2) is 17.9 Å². The van der Waals surface area contributed by atoms with Gasteiger partial charge < -0.3 is 4.74 Å². The van der Waals surface area contributed by atoms with Gasteiger partial charge in [0.15, 0.2) is 5.78 Å². The maximum absolute atomic E-state index is 12.9. The van der Waals surface area contributed by atoms with E-state index in [9.17, 15) is 9.59 Å². The van der Waals surface area contributed by atoms with Crippen LogP contribution in [0.15, 0.2) is 11.6 Å². The summed E-state index contributed by atoms with van der Waals surface area (Å²) in [5, 5.41) is 0. The summed E-state index contributed by atoms with van der Waals surface area (Å²) in [6.07, 6.45) is 13.8. The van der Waals surface area contributed by atoms with Crippen molar-refractivity contribution in [1.82, 2.24) is 0 Å². The normalized spacial score (nSPS) is 54.2. The molecular formula is C26H34O3. The highest BCUT2D eigenvalue weighted by Gasteiger charge is 2.71. The van der Waals surface area contributed by atoms with E-state index < -0.39 is 0 Å². The van der Waals surface area contributed by atoms with Gasteiger partial charge in [0.1, 0.15) is 6.10 Å². The van der Waals surface area contributed by atoms with Crippen LogP contribution in [0.4, 0.5) is 0 Å². The number of cyclic esters (lactones) is 1. The SMILES string of the molecule is C[C@]12CC3(CC3)C(=O)C=C1C1CC1C1C2CC[C@](C)([C@H]2CCC(=O)O2)C1C1CC1. The number of hydrogen-bond acceptors (Lipinski definition) is 3. The van der Waals surface area contributed by atoms with Crippen molar-refractivity contribution < 1.29 is 14.3 Å². The zero-order valence-electron chi connectivity index (χ0n) is 17.9. The first-order valence-corrected chi connectivity index (χ1v) is 12.3. The smallest absolute Gasteiger partial charge is 0.306 e. The van der Waals surface area contributed by atoms with Crippen LogP contribution < -0.4 is 0 Å². The first-order valence-electron chi connectivity index (χ1n) is 12.3. The molecule has 7 rings (SSSR count). The van der Waals surface area contributed by atoms with Gasteiger partial charge >= 0.3 is 5.97 Å². The number of ketones is 1. The lowest BCUT2D eigenvalue weighted by molar-refractivity contribution is -0.159. The monoisotopic (exact) mass is 394 g/mol. The molecule has 0 N–H and O–H groups in total. The second kappa shape index (κ2) is 5.19. The summed E-state index contributed by atoms with van der Waals surface area (Å²) in [7, 11) is 0. The lowest BCUT2D eigenvalue weighted by atomic mass is 9.44. The van der Waals surface area contributed by atoms with Crippen LogP contribution in [0.2, 0.25) is 0 Å². The topological polar surface area (TPSA) is 43.4 Å². The fourth-order valence-electron chi connectivity index (χ4n) is 9.30. The van der Waals surface area contributed by atoms with Crippen LogP contribution in [0.5, 0.6) is 0 Å².